The minimum atomic E-state index is 0.585. The van der Waals surface area contributed by atoms with Gasteiger partial charge in [0.05, 0.1) is 0 Å². The lowest BCUT2D eigenvalue weighted by Gasteiger charge is -2.35. The van der Waals surface area contributed by atoms with Gasteiger partial charge in [-0.1, -0.05) is 33.3 Å². The largest absolute Gasteiger partial charge is 0.312 e. The fourth-order valence-corrected chi connectivity index (χ4v) is 2.87. The molecule has 1 aromatic heterocycles. The Morgan fingerprint density at radius 3 is 2.60 bits per heavy atom. The fraction of sp³-hybridized carbons (Fsp3) is 0.706. The molecule has 0 amide bonds. The van der Waals surface area contributed by atoms with Gasteiger partial charge in [0, 0.05) is 31.0 Å². The number of pyridine rings is 1. The molecule has 20 heavy (non-hydrogen) atoms. The standard InChI is InChI=1S/C17H31N3/c1-5-9-16(19-11-6-2)17(7-3)20(4)14-15-10-8-12-18-13-15/h8,10,12-13,16-17,19H,5-7,9,11,14H2,1-4H3. The predicted molar refractivity (Wildman–Crippen MR) is 86.8 cm³/mol. The molecule has 114 valence electrons. The van der Waals surface area contributed by atoms with Crippen molar-refractivity contribution in [1.29, 1.82) is 0 Å². The van der Waals surface area contributed by atoms with Gasteiger partial charge in [0.25, 0.3) is 0 Å². The van der Waals surface area contributed by atoms with Crippen LogP contribution in [0.15, 0.2) is 24.5 Å². The summed E-state index contributed by atoms with van der Waals surface area (Å²) in [5, 5.41) is 3.73. The highest BCUT2D eigenvalue weighted by atomic mass is 15.2. The molecule has 1 aromatic rings. The Morgan fingerprint density at radius 1 is 1.25 bits per heavy atom. The van der Waals surface area contributed by atoms with Gasteiger partial charge in [-0.15, -0.1) is 0 Å². The van der Waals surface area contributed by atoms with E-state index in [2.05, 4.69) is 49.1 Å². The maximum absolute atomic E-state index is 4.21. The van der Waals surface area contributed by atoms with E-state index in [9.17, 15) is 0 Å². The van der Waals surface area contributed by atoms with Crippen LogP contribution in [-0.2, 0) is 6.54 Å². The van der Waals surface area contributed by atoms with Crippen LogP contribution >= 0.6 is 0 Å². The summed E-state index contributed by atoms with van der Waals surface area (Å²) in [6, 6.07) is 5.35. The van der Waals surface area contributed by atoms with Crippen LogP contribution in [0.2, 0.25) is 0 Å². The highest BCUT2D eigenvalue weighted by molar-refractivity contribution is 5.08. The van der Waals surface area contributed by atoms with Crippen LogP contribution in [0.5, 0.6) is 0 Å². The number of hydrogen-bond acceptors (Lipinski definition) is 3. The zero-order valence-electron chi connectivity index (χ0n) is 13.6. The molecule has 0 spiro atoms. The monoisotopic (exact) mass is 277 g/mol. The molecule has 0 aliphatic rings. The zero-order valence-corrected chi connectivity index (χ0v) is 13.6. The second-order valence-corrected chi connectivity index (χ2v) is 5.60. The molecular formula is C17H31N3. The summed E-state index contributed by atoms with van der Waals surface area (Å²) in [5.74, 6) is 0. The Balaban J connectivity index is 2.65. The first kappa shape index (κ1) is 17.1. The van der Waals surface area contributed by atoms with Crippen LogP contribution in [0.4, 0.5) is 0 Å². The summed E-state index contributed by atoms with van der Waals surface area (Å²) in [7, 11) is 2.23. The normalized spacial score (nSPS) is 14.4. The van der Waals surface area contributed by atoms with E-state index in [1.54, 1.807) is 0 Å². The van der Waals surface area contributed by atoms with Crippen molar-refractivity contribution in [3.8, 4) is 0 Å². The van der Waals surface area contributed by atoms with E-state index in [1.807, 2.05) is 18.5 Å². The van der Waals surface area contributed by atoms with E-state index in [1.165, 1.54) is 31.2 Å². The van der Waals surface area contributed by atoms with Crippen molar-refractivity contribution in [3.05, 3.63) is 30.1 Å². The first-order valence-corrected chi connectivity index (χ1v) is 8.05. The molecule has 0 aromatic carbocycles. The Morgan fingerprint density at radius 2 is 2.05 bits per heavy atom. The molecule has 1 rings (SSSR count). The van der Waals surface area contributed by atoms with Crippen molar-refractivity contribution in [1.82, 2.24) is 15.2 Å². The number of hydrogen-bond donors (Lipinski definition) is 1. The number of nitrogens with one attached hydrogen (secondary N) is 1. The average molecular weight is 277 g/mol. The van der Waals surface area contributed by atoms with Crippen LogP contribution in [-0.4, -0.2) is 35.6 Å². The SMILES string of the molecule is CCCNC(CCC)C(CC)N(C)Cc1cccnc1. The predicted octanol–water partition coefficient (Wildman–Crippen LogP) is 3.46. The Bertz CT molecular complexity index is 339. The van der Waals surface area contributed by atoms with Crippen molar-refractivity contribution in [2.24, 2.45) is 0 Å². The maximum atomic E-state index is 4.21. The van der Waals surface area contributed by atoms with Crippen LogP contribution in [0.25, 0.3) is 0 Å². The first-order valence-electron chi connectivity index (χ1n) is 8.05. The second-order valence-electron chi connectivity index (χ2n) is 5.60. The molecule has 0 saturated heterocycles. The third-order valence-corrected chi connectivity index (χ3v) is 3.86. The molecule has 0 fully saturated rings. The first-order chi connectivity index (χ1) is 9.72. The van der Waals surface area contributed by atoms with Crippen molar-refractivity contribution in [3.63, 3.8) is 0 Å². The van der Waals surface area contributed by atoms with Crippen molar-refractivity contribution in [2.45, 2.75) is 65.1 Å². The van der Waals surface area contributed by atoms with Gasteiger partial charge in [0.1, 0.15) is 0 Å². The van der Waals surface area contributed by atoms with Gasteiger partial charge >= 0.3 is 0 Å². The van der Waals surface area contributed by atoms with Gasteiger partial charge in [-0.25, -0.2) is 0 Å². The molecule has 1 heterocycles. The summed E-state index contributed by atoms with van der Waals surface area (Å²) >= 11 is 0. The maximum Gasteiger partial charge on any atom is 0.0312 e. The van der Waals surface area contributed by atoms with E-state index in [-0.39, 0.29) is 0 Å². The third kappa shape index (κ3) is 5.59. The molecule has 0 aliphatic carbocycles. The molecular weight excluding hydrogens is 246 g/mol. The molecule has 0 bridgehead atoms. The van der Waals surface area contributed by atoms with Crippen LogP contribution in [0.1, 0.15) is 52.0 Å². The van der Waals surface area contributed by atoms with E-state index in [4.69, 9.17) is 0 Å². The quantitative estimate of drug-likeness (QED) is 0.710. The minimum Gasteiger partial charge on any atom is -0.312 e. The second kappa shape index (κ2) is 9.89. The number of aromatic nitrogens is 1. The van der Waals surface area contributed by atoms with Gasteiger partial charge in [-0.3, -0.25) is 9.88 Å². The average Bonchev–Trinajstić information content (AvgIpc) is 2.46. The molecule has 2 atom stereocenters. The number of nitrogens with zero attached hydrogens (tertiary/aromatic N) is 2. The highest BCUT2D eigenvalue weighted by Crippen LogP contribution is 2.15. The van der Waals surface area contributed by atoms with Gasteiger partial charge in [-0.2, -0.15) is 0 Å². The highest BCUT2D eigenvalue weighted by Gasteiger charge is 2.22. The third-order valence-electron chi connectivity index (χ3n) is 3.86. The van der Waals surface area contributed by atoms with Crippen molar-refractivity contribution < 1.29 is 0 Å². The van der Waals surface area contributed by atoms with Crippen LogP contribution in [0.3, 0.4) is 0 Å². The summed E-state index contributed by atoms with van der Waals surface area (Å²) in [6.45, 7) is 8.88. The van der Waals surface area contributed by atoms with E-state index in [0.717, 1.165) is 13.1 Å². The lowest BCUT2D eigenvalue weighted by molar-refractivity contribution is 0.172. The number of likely N-dealkylation sites (N-methyl/N-ethyl adjacent to an activating group) is 1. The summed E-state index contributed by atoms with van der Waals surface area (Å²) < 4.78 is 0. The fourth-order valence-electron chi connectivity index (χ4n) is 2.87. The van der Waals surface area contributed by atoms with E-state index in [0.29, 0.717) is 12.1 Å². The zero-order chi connectivity index (χ0) is 14.8. The molecule has 0 aliphatic heterocycles. The van der Waals surface area contributed by atoms with Crippen LogP contribution < -0.4 is 5.32 Å². The van der Waals surface area contributed by atoms with Gasteiger partial charge in [0.15, 0.2) is 0 Å². The molecule has 0 saturated carbocycles. The van der Waals surface area contributed by atoms with E-state index >= 15 is 0 Å². The van der Waals surface area contributed by atoms with E-state index < -0.39 is 0 Å². The number of rotatable bonds is 10. The smallest absolute Gasteiger partial charge is 0.0312 e. The summed E-state index contributed by atoms with van der Waals surface area (Å²) in [5.41, 5.74) is 1.29. The molecule has 1 N–H and O–H groups in total. The Labute approximate surface area is 124 Å². The topological polar surface area (TPSA) is 28.2 Å². The minimum absolute atomic E-state index is 0.585. The van der Waals surface area contributed by atoms with Gasteiger partial charge in [0.2, 0.25) is 0 Å². The van der Waals surface area contributed by atoms with Crippen LogP contribution in [0, 0.1) is 0 Å². The lowest BCUT2D eigenvalue weighted by atomic mass is 9.99. The molecule has 3 heteroatoms. The molecule has 0 radical (unpaired) electrons. The summed E-state index contributed by atoms with van der Waals surface area (Å²) in [4.78, 5) is 6.68. The van der Waals surface area contributed by atoms with Crippen molar-refractivity contribution >= 4 is 0 Å². The summed E-state index contributed by atoms with van der Waals surface area (Å²) in [6.07, 6.45) is 8.66. The van der Waals surface area contributed by atoms with Crippen molar-refractivity contribution in [2.75, 3.05) is 13.6 Å². The Hall–Kier alpha value is -0.930. The Kier molecular flexibility index (Phi) is 8.47. The van der Waals surface area contributed by atoms with Gasteiger partial charge in [-0.05, 0) is 44.5 Å². The molecule has 2 unspecified atom stereocenters. The lowest BCUT2D eigenvalue weighted by Crippen LogP contribution is -2.48. The molecule has 3 nitrogen and oxygen atoms in total. The van der Waals surface area contributed by atoms with Gasteiger partial charge < -0.3 is 5.32 Å².